The second-order valence-corrected chi connectivity index (χ2v) is 11.6. The predicted molar refractivity (Wildman–Crippen MR) is 151 cm³/mol. The number of amides is 3. The minimum Gasteiger partial charge on any atom is -0.395 e. The summed E-state index contributed by atoms with van der Waals surface area (Å²) >= 11 is 0. The van der Waals surface area contributed by atoms with Crippen LogP contribution >= 0.6 is 0 Å². The van der Waals surface area contributed by atoms with Crippen LogP contribution in [0, 0.1) is 31.6 Å². The van der Waals surface area contributed by atoms with Crippen molar-refractivity contribution in [1.82, 2.24) is 9.80 Å². The van der Waals surface area contributed by atoms with Crippen molar-refractivity contribution >= 4 is 23.4 Å². The summed E-state index contributed by atoms with van der Waals surface area (Å²) < 4.78 is 6.83. The van der Waals surface area contributed by atoms with Gasteiger partial charge in [0.1, 0.15) is 11.6 Å². The number of rotatable bonds is 11. The highest BCUT2D eigenvalue weighted by atomic mass is 16.5. The molecule has 3 unspecified atom stereocenters. The molecule has 8 nitrogen and oxygen atoms in total. The quantitative estimate of drug-likeness (QED) is 0.438. The third-order valence-electron chi connectivity index (χ3n) is 9.04. The van der Waals surface area contributed by atoms with Gasteiger partial charge in [0.2, 0.25) is 11.8 Å². The first-order valence-corrected chi connectivity index (χ1v) is 14.0. The SMILES string of the molecule is C=CCN(CCC)C(=O)[C@H]1[C@H]2C(=O)N(CCO)C(C(=O)N(CC=C)c3cc(C)ccc3C)C23CC(C)[C@]1(C)O3. The molecule has 1 aromatic rings. The lowest BCUT2D eigenvalue weighted by Crippen LogP contribution is -2.57. The molecule has 0 aromatic heterocycles. The molecule has 3 aliphatic heterocycles. The van der Waals surface area contributed by atoms with Gasteiger partial charge < -0.3 is 24.5 Å². The van der Waals surface area contributed by atoms with Gasteiger partial charge in [-0.15, -0.1) is 13.2 Å². The Bertz CT molecular complexity index is 1170. The maximum atomic E-state index is 14.6. The first-order valence-electron chi connectivity index (χ1n) is 14.0. The summed E-state index contributed by atoms with van der Waals surface area (Å²) in [4.78, 5) is 47.7. The molecule has 3 saturated heterocycles. The van der Waals surface area contributed by atoms with Crippen LogP contribution in [-0.2, 0) is 19.1 Å². The lowest BCUT2D eigenvalue weighted by atomic mass is 9.62. The van der Waals surface area contributed by atoms with Crippen LogP contribution in [0.2, 0.25) is 0 Å². The van der Waals surface area contributed by atoms with E-state index in [1.165, 1.54) is 4.90 Å². The molecule has 0 radical (unpaired) electrons. The number of ether oxygens (including phenoxy) is 1. The number of anilines is 1. The number of fused-ring (bicyclic) bond motifs is 1. The van der Waals surface area contributed by atoms with Crippen LogP contribution in [0.25, 0.3) is 0 Å². The molecule has 0 saturated carbocycles. The van der Waals surface area contributed by atoms with Crippen molar-refractivity contribution in [3.8, 4) is 0 Å². The van der Waals surface area contributed by atoms with Gasteiger partial charge in [-0.3, -0.25) is 14.4 Å². The average molecular weight is 538 g/mol. The highest BCUT2D eigenvalue weighted by molar-refractivity contribution is 6.05. The van der Waals surface area contributed by atoms with Crippen molar-refractivity contribution in [1.29, 1.82) is 0 Å². The number of aliphatic hydroxyl groups is 1. The third-order valence-corrected chi connectivity index (χ3v) is 9.04. The highest BCUT2D eigenvalue weighted by Crippen LogP contribution is 2.65. The third kappa shape index (κ3) is 4.42. The number of hydrogen-bond acceptors (Lipinski definition) is 5. The van der Waals surface area contributed by atoms with Crippen molar-refractivity contribution in [3.05, 3.63) is 54.6 Å². The fraction of sp³-hybridized carbons (Fsp3) is 0.581. The zero-order valence-corrected chi connectivity index (χ0v) is 24.0. The molecule has 8 heteroatoms. The maximum absolute atomic E-state index is 14.6. The van der Waals surface area contributed by atoms with E-state index in [-0.39, 0.29) is 43.3 Å². The van der Waals surface area contributed by atoms with Gasteiger partial charge >= 0.3 is 0 Å². The summed E-state index contributed by atoms with van der Waals surface area (Å²) in [5, 5.41) is 9.96. The van der Waals surface area contributed by atoms with E-state index in [4.69, 9.17) is 4.74 Å². The molecule has 1 N–H and O–H groups in total. The summed E-state index contributed by atoms with van der Waals surface area (Å²) in [5.74, 6) is -2.31. The molecule has 212 valence electrons. The van der Waals surface area contributed by atoms with Crippen LogP contribution in [0.4, 0.5) is 5.69 Å². The molecule has 2 bridgehead atoms. The largest absolute Gasteiger partial charge is 0.395 e. The number of benzene rings is 1. The van der Waals surface area contributed by atoms with Crippen LogP contribution in [0.15, 0.2) is 43.5 Å². The number of hydrogen-bond donors (Lipinski definition) is 1. The molecule has 1 aromatic carbocycles. The number of nitrogens with zero attached hydrogens (tertiary/aromatic N) is 3. The van der Waals surface area contributed by atoms with Gasteiger partial charge in [-0.2, -0.15) is 0 Å². The predicted octanol–water partition coefficient (Wildman–Crippen LogP) is 3.25. The van der Waals surface area contributed by atoms with Gasteiger partial charge in [0.15, 0.2) is 0 Å². The number of carbonyl (C=O) groups is 3. The van der Waals surface area contributed by atoms with E-state index in [1.807, 2.05) is 52.8 Å². The van der Waals surface area contributed by atoms with Crippen LogP contribution < -0.4 is 4.90 Å². The summed E-state index contributed by atoms with van der Waals surface area (Å²) in [6.07, 6.45) is 4.61. The molecule has 0 aliphatic carbocycles. The van der Waals surface area contributed by atoms with Gasteiger partial charge in [-0.1, -0.05) is 38.1 Å². The minimum absolute atomic E-state index is 0.0110. The monoisotopic (exact) mass is 537 g/mol. The Balaban J connectivity index is 1.84. The molecule has 3 fully saturated rings. The highest BCUT2D eigenvalue weighted by Gasteiger charge is 2.80. The Morgan fingerprint density at radius 1 is 1.21 bits per heavy atom. The zero-order valence-electron chi connectivity index (χ0n) is 24.0. The summed E-state index contributed by atoms with van der Waals surface area (Å²) in [6, 6.07) is 4.95. The van der Waals surface area contributed by atoms with Crippen molar-refractivity contribution in [2.75, 3.05) is 37.7 Å². The van der Waals surface area contributed by atoms with Crippen LogP contribution in [0.3, 0.4) is 0 Å². The molecular formula is C31H43N3O5. The topological polar surface area (TPSA) is 90.4 Å². The molecule has 3 heterocycles. The normalized spacial score (nSPS) is 30.8. The van der Waals surface area contributed by atoms with E-state index < -0.39 is 29.1 Å². The Kier molecular flexibility index (Phi) is 8.11. The van der Waals surface area contributed by atoms with Crippen molar-refractivity contribution in [3.63, 3.8) is 0 Å². The first-order chi connectivity index (χ1) is 18.5. The molecule has 1 spiro atoms. The van der Waals surface area contributed by atoms with Crippen LogP contribution in [0.1, 0.15) is 44.7 Å². The van der Waals surface area contributed by atoms with Gasteiger partial charge in [0.05, 0.1) is 24.0 Å². The summed E-state index contributed by atoms with van der Waals surface area (Å²) in [6.45, 7) is 18.4. The van der Waals surface area contributed by atoms with Crippen molar-refractivity contribution in [2.45, 2.75) is 64.7 Å². The van der Waals surface area contributed by atoms with Gasteiger partial charge in [0, 0.05) is 31.9 Å². The van der Waals surface area contributed by atoms with E-state index in [9.17, 15) is 19.5 Å². The van der Waals surface area contributed by atoms with Crippen LogP contribution in [0.5, 0.6) is 0 Å². The maximum Gasteiger partial charge on any atom is 0.253 e. The smallest absolute Gasteiger partial charge is 0.253 e. The van der Waals surface area contributed by atoms with Gasteiger partial charge in [-0.05, 0) is 56.7 Å². The van der Waals surface area contributed by atoms with Gasteiger partial charge in [0.25, 0.3) is 5.91 Å². The molecule has 3 amide bonds. The summed E-state index contributed by atoms with van der Waals surface area (Å²) in [7, 11) is 0. The Hall–Kier alpha value is -2.97. The lowest BCUT2D eigenvalue weighted by Gasteiger charge is -2.39. The average Bonchev–Trinajstić information content (AvgIpc) is 3.40. The first kappa shape index (κ1) is 29.0. The fourth-order valence-electron chi connectivity index (χ4n) is 7.25. The number of aliphatic hydroxyl groups excluding tert-OH is 1. The Morgan fingerprint density at radius 3 is 2.51 bits per heavy atom. The number of β-amino-alcohol motifs (C(OH)–C–C–N with tert-alkyl or cyclic N) is 1. The molecule has 4 rings (SSSR count). The number of carbonyl (C=O) groups excluding carboxylic acids is 3. The van der Waals surface area contributed by atoms with E-state index in [0.717, 1.165) is 23.2 Å². The second kappa shape index (κ2) is 10.9. The van der Waals surface area contributed by atoms with E-state index in [2.05, 4.69) is 13.2 Å². The van der Waals surface area contributed by atoms with Crippen molar-refractivity contribution < 1.29 is 24.2 Å². The minimum atomic E-state index is -1.17. The van der Waals surface area contributed by atoms with Crippen LogP contribution in [-0.4, -0.2) is 82.7 Å². The van der Waals surface area contributed by atoms with E-state index in [1.54, 1.807) is 22.0 Å². The zero-order chi connectivity index (χ0) is 28.7. The number of likely N-dealkylation sites (tertiary alicyclic amines) is 1. The lowest BCUT2D eigenvalue weighted by molar-refractivity contribution is -0.151. The molecule has 3 aliphatic rings. The Labute approximate surface area is 232 Å². The second-order valence-electron chi connectivity index (χ2n) is 11.6. The summed E-state index contributed by atoms with van der Waals surface area (Å²) in [5.41, 5.74) is 0.618. The molecule has 39 heavy (non-hydrogen) atoms. The van der Waals surface area contributed by atoms with E-state index >= 15 is 0 Å². The van der Waals surface area contributed by atoms with E-state index in [0.29, 0.717) is 19.5 Å². The molecular weight excluding hydrogens is 494 g/mol. The Morgan fingerprint density at radius 2 is 1.90 bits per heavy atom. The standard InChI is InChI=1S/C31H43N3O5/c1-8-13-32(14-9-2)27(36)24-25-28(37)34(16-17-35)26(31(25)19-22(6)30(24,7)39-31)29(38)33(15-10-3)23-18-20(4)11-12-21(23)5/h8,10-12,18,22,24-26,35H,1,3,9,13-17,19H2,2,4-7H3/t22?,24-,25+,26?,30+,31?/m1/s1. The molecule has 6 atom stereocenters. The van der Waals surface area contributed by atoms with Gasteiger partial charge in [-0.25, -0.2) is 0 Å². The number of aryl methyl sites for hydroxylation is 2. The fourth-order valence-corrected chi connectivity index (χ4v) is 7.25. The van der Waals surface area contributed by atoms with Crippen molar-refractivity contribution in [2.24, 2.45) is 17.8 Å².